The molecule has 0 atom stereocenters. The molecule has 0 radical (unpaired) electrons. The zero-order valence-electron chi connectivity index (χ0n) is 12.0. The van der Waals surface area contributed by atoms with Crippen molar-refractivity contribution >= 4 is 33.8 Å². The molecule has 21 heavy (non-hydrogen) atoms. The largest absolute Gasteiger partial charge is 0.323 e. The van der Waals surface area contributed by atoms with Crippen molar-refractivity contribution in [3.8, 4) is 0 Å². The maximum absolute atomic E-state index is 12.8. The SMILES string of the molecule is O=c1c2c3c(sc2[nH]c(=S)n1CCN1CCCC1)CCC3. The van der Waals surface area contributed by atoms with E-state index in [0.29, 0.717) is 11.3 Å². The van der Waals surface area contributed by atoms with Crippen LogP contribution in [0.2, 0.25) is 0 Å². The first kappa shape index (κ1) is 13.7. The lowest BCUT2D eigenvalue weighted by Gasteiger charge is -2.15. The van der Waals surface area contributed by atoms with Gasteiger partial charge in [0.2, 0.25) is 0 Å². The molecule has 0 bridgehead atoms. The van der Waals surface area contributed by atoms with Gasteiger partial charge in [0, 0.05) is 18.0 Å². The van der Waals surface area contributed by atoms with E-state index in [9.17, 15) is 4.79 Å². The number of hydrogen-bond acceptors (Lipinski definition) is 4. The molecule has 0 amide bonds. The van der Waals surface area contributed by atoms with Crippen LogP contribution in [-0.2, 0) is 19.4 Å². The molecule has 3 heterocycles. The Hall–Kier alpha value is -0.980. The van der Waals surface area contributed by atoms with Gasteiger partial charge in [0.25, 0.3) is 5.56 Å². The minimum Gasteiger partial charge on any atom is -0.323 e. The van der Waals surface area contributed by atoms with Crippen LogP contribution < -0.4 is 5.56 Å². The molecule has 1 fully saturated rings. The first-order chi connectivity index (χ1) is 10.2. The summed E-state index contributed by atoms with van der Waals surface area (Å²) < 4.78 is 2.34. The average molecular weight is 321 g/mol. The molecule has 1 aliphatic heterocycles. The Morgan fingerprint density at radius 2 is 1.95 bits per heavy atom. The molecule has 0 spiro atoms. The van der Waals surface area contributed by atoms with Crippen LogP contribution in [0.25, 0.3) is 10.2 Å². The second-order valence-electron chi connectivity index (χ2n) is 6.00. The molecule has 112 valence electrons. The van der Waals surface area contributed by atoms with Crippen LogP contribution in [0.3, 0.4) is 0 Å². The molecule has 1 N–H and O–H groups in total. The van der Waals surface area contributed by atoms with Gasteiger partial charge < -0.3 is 9.88 Å². The van der Waals surface area contributed by atoms with Crippen molar-refractivity contribution in [2.75, 3.05) is 19.6 Å². The van der Waals surface area contributed by atoms with Gasteiger partial charge in [0.05, 0.1) is 5.39 Å². The zero-order valence-corrected chi connectivity index (χ0v) is 13.6. The summed E-state index contributed by atoms with van der Waals surface area (Å²) in [7, 11) is 0. The summed E-state index contributed by atoms with van der Waals surface area (Å²) in [6.07, 6.45) is 5.89. The van der Waals surface area contributed by atoms with Crippen LogP contribution in [0.1, 0.15) is 29.7 Å². The van der Waals surface area contributed by atoms with Gasteiger partial charge in [-0.15, -0.1) is 11.3 Å². The smallest absolute Gasteiger partial charge is 0.263 e. The first-order valence-corrected chi connectivity index (χ1v) is 8.96. The van der Waals surface area contributed by atoms with Crippen LogP contribution in [0.4, 0.5) is 0 Å². The Morgan fingerprint density at radius 1 is 1.14 bits per heavy atom. The Balaban J connectivity index is 1.74. The summed E-state index contributed by atoms with van der Waals surface area (Å²) in [5.74, 6) is 0. The van der Waals surface area contributed by atoms with Gasteiger partial charge in [-0.3, -0.25) is 9.36 Å². The highest BCUT2D eigenvalue weighted by atomic mass is 32.1. The third-order valence-electron chi connectivity index (χ3n) is 4.68. The van der Waals surface area contributed by atoms with Crippen molar-refractivity contribution in [3.63, 3.8) is 0 Å². The van der Waals surface area contributed by atoms with E-state index < -0.39 is 0 Å². The molecule has 6 heteroatoms. The van der Waals surface area contributed by atoms with Gasteiger partial charge in [0.15, 0.2) is 4.77 Å². The molecule has 0 unspecified atom stereocenters. The molecular weight excluding hydrogens is 302 g/mol. The molecule has 2 aromatic rings. The van der Waals surface area contributed by atoms with E-state index in [0.717, 1.165) is 42.7 Å². The zero-order chi connectivity index (χ0) is 14.4. The summed E-state index contributed by atoms with van der Waals surface area (Å²) in [6.45, 7) is 3.94. The fourth-order valence-electron chi connectivity index (χ4n) is 3.56. The number of nitrogens with one attached hydrogen (secondary N) is 1. The van der Waals surface area contributed by atoms with Crippen LogP contribution in [0.15, 0.2) is 4.79 Å². The van der Waals surface area contributed by atoms with E-state index in [1.54, 1.807) is 15.9 Å². The quantitative estimate of drug-likeness (QED) is 0.884. The fourth-order valence-corrected chi connectivity index (χ4v) is 5.18. The van der Waals surface area contributed by atoms with E-state index in [-0.39, 0.29) is 5.56 Å². The summed E-state index contributed by atoms with van der Waals surface area (Å²) in [5.41, 5.74) is 1.40. The summed E-state index contributed by atoms with van der Waals surface area (Å²) >= 11 is 7.13. The second kappa shape index (κ2) is 5.34. The number of aryl methyl sites for hydroxylation is 2. The molecule has 4 rings (SSSR count). The summed E-state index contributed by atoms with van der Waals surface area (Å²) in [4.78, 5) is 20.9. The summed E-state index contributed by atoms with van der Waals surface area (Å²) in [6, 6.07) is 0. The number of aromatic nitrogens is 2. The van der Waals surface area contributed by atoms with Crippen LogP contribution in [0, 0.1) is 4.77 Å². The standard InChI is InChI=1S/C15H19N3OS2/c19-14-12-10-4-3-5-11(10)21-13(12)16-15(20)18(14)9-8-17-6-1-2-7-17/h1-9H2,(H,16,20). The number of thiophene rings is 1. The van der Waals surface area contributed by atoms with Crippen LogP contribution >= 0.6 is 23.6 Å². The van der Waals surface area contributed by atoms with Gasteiger partial charge in [-0.1, -0.05) is 0 Å². The van der Waals surface area contributed by atoms with E-state index in [1.165, 1.54) is 29.7 Å². The number of rotatable bonds is 3. The van der Waals surface area contributed by atoms with Crippen LogP contribution in [0.5, 0.6) is 0 Å². The van der Waals surface area contributed by atoms with E-state index >= 15 is 0 Å². The first-order valence-electron chi connectivity index (χ1n) is 7.74. The molecule has 2 aromatic heterocycles. The van der Waals surface area contributed by atoms with Gasteiger partial charge >= 0.3 is 0 Å². The minimum absolute atomic E-state index is 0.118. The van der Waals surface area contributed by atoms with Gasteiger partial charge in [-0.2, -0.15) is 0 Å². The topological polar surface area (TPSA) is 41.0 Å². The van der Waals surface area contributed by atoms with Crippen molar-refractivity contribution in [2.24, 2.45) is 0 Å². The van der Waals surface area contributed by atoms with Crippen molar-refractivity contribution in [3.05, 3.63) is 25.6 Å². The molecule has 4 nitrogen and oxygen atoms in total. The van der Waals surface area contributed by atoms with Gasteiger partial charge in [-0.05, 0) is 63.0 Å². The predicted octanol–water partition coefficient (Wildman–Crippen LogP) is 2.71. The lowest BCUT2D eigenvalue weighted by molar-refractivity contribution is 0.319. The van der Waals surface area contributed by atoms with Crippen molar-refractivity contribution in [2.45, 2.75) is 38.6 Å². The monoisotopic (exact) mass is 321 g/mol. The van der Waals surface area contributed by atoms with Crippen LogP contribution in [-0.4, -0.2) is 34.1 Å². The van der Waals surface area contributed by atoms with E-state index in [4.69, 9.17) is 12.2 Å². The van der Waals surface area contributed by atoms with Crippen molar-refractivity contribution in [1.29, 1.82) is 0 Å². The Bertz CT molecular complexity index is 796. The van der Waals surface area contributed by atoms with Gasteiger partial charge in [0.1, 0.15) is 4.83 Å². The van der Waals surface area contributed by atoms with E-state index in [2.05, 4.69) is 9.88 Å². The molecule has 1 aliphatic carbocycles. The normalized spacial score (nSPS) is 18.7. The lowest BCUT2D eigenvalue weighted by Crippen LogP contribution is -2.30. The number of aromatic amines is 1. The Labute approximate surface area is 132 Å². The molecule has 0 saturated carbocycles. The summed E-state index contributed by atoms with van der Waals surface area (Å²) in [5, 5.41) is 0.905. The third kappa shape index (κ3) is 2.29. The third-order valence-corrected chi connectivity index (χ3v) is 6.21. The van der Waals surface area contributed by atoms with Crippen molar-refractivity contribution < 1.29 is 0 Å². The fraction of sp³-hybridized carbons (Fsp3) is 0.600. The predicted molar refractivity (Wildman–Crippen MR) is 89.0 cm³/mol. The average Bonchev–Trinajstić information content (AvgIpc) is 3.13. The highest BCUT2D eigenvalue weighted by Crippen LogP contribution is 2.34. The maximum atomic E-state index is 12.8. The maximum Gasteiger partial charge on any atom is 0.263 e. The number of nitrogens with zero attached hydrogens (tertiary/aromatic N) is 2. The highest BCUT2D eigenvalue weighted by Gasteiger charge is 2.21. The Kier molecular flexibility index (Phi) is 3.47. The van der Waals surface area contributed by atoms with E-state index in [1.807, 2.05) is 0 Å². The Morgan fingerprint density at radius 3 is 2.76 bits per heavy atom. The highest BCUT2D eigenvalue weighted by molar-refractivity contribution is 7.71. The number of H-pyrrole nitrogens is 1. The minimum atomic E-state index is 0.118. The molecule has 0 aromatic carbocycles. The second-order valence-corrected chi connectivity index (χ2v) is 7.49. The molecule has 1 saturated heterocycles. The lowest BCUT2D eigenvalue weighted by atomic mass is 10.2. The molecule has 2 aliphatic rings. The van der Waals surface area contributed by atoms with Crippen molar-refractivity contribution in [1.82, 2.24) is 14.5 Å². The number of fused-ring (bicyclic) bond motifs is 3. The van der Waals surface area contributed by atoms with Gasteiger partial charge in [-0.25, -0.2) is 0 Å². The molecular formula is C15H19N3OS2. The number of hydrogen-bond donors (Lipinski definition) is 1. The number of likely N-dealkylation sites (tertiary alicyclic amines) is 1.